The van der Waals surface area contributed by atoms with E-state index in [1.807, 2.05) is 0 Å². The minimum atomic E-state index is -4.58. The van der Waals surface area contributed by atoms with Crippen LogP contribution in [0, 0.1) is 0 Å². The summed E-state index contributed by atoms with van der Waals surface area (Å²) < 4.78 is 45.5. The first-order chi connectivity index (χ1) is 17.3. The summed E-state index contributed by atoms with van der Waals surface area (Å²) in [7, 11) is -1.85. The summed E-state index contributed by atoms with van der Waals surface area (Å²) in [5.41, 5.74) is 0.413. The van der Waals surface area contributed by atoms with Crippen molar-refractivity contribution in [1.29, 1.82) is 0 Å². The number of rotatable bonds is 6. The van der Waals surface area contributed by atoms with Gasteiger partial charge in [-0.1, -0.05) is 35.6 Å². The Morgan fingerprint density at radius 1 is 1.00 bits per heavy atom. The smallest absolute Gasteiger partial charge is 0.396 e. The van der Waals surface area contributed by atoms with Gasteiger partial charge in [-0.15, -0.1) is 0 Å². The maximum Gasteiger partial charge on any atom is 0.396 e. The van der Waals surface area contributed by atoms with E-state index in [1.165, 1.54) is 56.9 Å². The molecule has 0 saturated carbocycles. The first kappa shape index (κ1) is 23.5. The van der Waals surface area contributed by atoms with Crippen LogP contribution in [0.15, 0.2) is 87.2 Å². The molecule has 0 saturated heterocycles. The number of aromatic nitrogens is 1. The van der Waals surface area contributed by atoms with Gasteiger partial charge in [-0.25, -0.2) is 13.2 Å². The van der Waals surface area contributed by atoms with Crippen LogP contribution in [0.25, 0.3) is 21.1 Å². The quantitative estimate of drug-likeness (QED) is 0.321. The summed E-state index contributed by atoms with van der Waals surface area (Å²) in [5.74, 6) is -0.553. The molecule has 2 aromatic heterocycles. The number of amides is 1. The van der Waals surface area contributed by atoms with Crippen LogP contribution in [0.1, 0.15) is 10.4 Å². The van der Waals surface area contributed by atoms with Gasteiger partial charge in [0.05, 0.1) is 30.2 Å². The summed E-state index contributed by atoms with van der Waals surface area (Å²) >= 11 is 0.814. The highest BCUT2D eigenvalue weighted by molar-refractivity contribution is 7.93. The number of hydrogen-bond donors (Lipinski definition) is 0. The van der Waals surface area contributed by atoms with Crippen LogP contribution in [0.4, 0.5) is 5.69 Å². The number of methoxy groups -OCH3 is 2. The average molecular weight is 523 g/mol. The van der Waals surface area contributed by atoms with E-state index in [2.05, 4.69) is 4.98 Å². The van der Waals surface area contributed by atoms with Gasteiger partial charge in [0, 0.05) is 29.2 Å². The SMILES string of the molecule is COc1ccc(OC)c(S(=O)(=O)N(C(=O)c2cccnc2)c2cc3sc(=O)oc3c3ccccc23)c1. The highest BCUT2D eigenvalue weighted by Gasteiger charge is 2.36. The third kappa shape index (κ3) is 3.88. The van der Waals surface area contributed by atoms with E-state index < -0.39 is 20.9 Å². The van der Waals surface area contributed by atoms with Crippen LogP contribution in [0.2, 0.25) is 0 Å². The average Bonchev–Trinajstić information content (AvgIpc) is 3.29. The van der Waals surface area contributed by atoms with Crippen molar-refractivity contribution < 1.29 is 27.1 Å². The first-order valence-electron chi connectivity index (χ1n) is 10.5. The second-order valence-electron chi connectivity index (χ2n) is 7.56. The molecule has 5 rings (SSSR count). The van der Waals surface area contributed by atoms with Crippen LogP contribution in [0.3, 0.4) is 0 Å². The number of hydrogen-bond acceptors (Lipinski definition) is 9. The second-order valence-corrected chi connectivity index (χ2v) is 10.3. The molecule has 2 heterocycles. The molecule has 0 spiro atoms. The highest BCUT2D eigenvalue weighted by Crippen LogP contribution is 2.40. The van der Waals surface area contributed by atoms with Gasteiger partial charge < -0.3 is 13.9 Å². The van der Waals surface area contributed by atoms with Crippen molar-refractivity contribution in [1.82, 2.24) is 4.98 Å². The Morgan fingerprint density at radius 2 is 1.78 bits per heavy atom. The van der Waals surface area contributed by atoms with E-state index in [-0.39, 0.29) is 27.6 Å². The molecule has 182 valence electrons. The van der Waals surface area contributed by atoms with Crippen molar-refractivity contribution >= 4 is 54.0 Å². The largest absolute Gasteiger partial charge is 0.497 e. The van der Waals surface area contributed by atoms with Gasteiger partial charge in [0.2, 0.25) is 0 Å². The Balaban J connectivity index is 1.87. The number of carbonyl (C=O) groups excluding carboxylic acids is 1. The second kappa shape index (κ2) is 9.10. The van der Waals surface area contributed by atoms with Crippen LogP contribution in [-0.2, 0) is 10.0 Å². The van der Waals surface area contributed by atoms with E-state index in [0.29, 0.717) is 25.4 Å². The van der Waals surface area contributed by atoms with Crippen LogP contribution in [0.5, 0.6) is 11.5 Å². The van der Waals surface area contributed by atoms with Crippen molar-refractivity contribution in [3.8, 4) is 11.5 Å². The molecule has 0 N–H and O–H groups in total. The fourth-order valence-electron chi connectivity index (χ4n) is 3.89. The Morgan fingerprint density at radius 3 is 2.47 bits per heavy atom. The maximum atomic E-state index is 14.2. The molecule has 0 unspecified atom stereocenters. The number of fused-ring (bicyclic) bond motifs is 3. The van der Waals surface area contributed by atoms with E-state index in [9.17, 15) is 18.0 Å². The third-order valence-corrected chi connectivity index (χ3v) is 8.01. The van der Waals surface area contributed by atoms with Gasteiger partial charge in [-0.3, -0.25) is 9.78 Å². The molecule has 0 fully saturated rings. The molecule has 0 aliphatic heterocycles. The molecular formula is C25H18N2O7S2. The maximum absolute atomic E-state index is 14.2. The zero-order chi connectivity index (χ0) is 25.4. The molecule has 0 atom stereocenters. The number of ether oxygens (including phenoxy) is 2. The molecule has 3 aromatic carbocycles. The highest BCUT2D eigenvalue weighted by atomic mass is 32.2. The predicted molar refractivity (Wildman–Crippen MR) is 136 cm³/mol. The Bertz CT molecular complexity index is 1780. The fourth-order valence-corrected chi connectivity index (χ4v) is 6.21. The summed E-state index contributed by atoms with van der Waals surface area (Å²) in [5, 5.41) is 0.884. The van der Waals surface area contributed by atoms with E-state index in [4.69, 9.17) is 13.9 Å². The molecule has 0 bridgehead atoms. The molecule has 0 aliphatic rings. The van der Waals surface area contributed by atoms with Crippen molar-refractivity contribution in [2.75, 3.05) is 18.5 Å². The summed E-state index contributed by atoms with van der Waals surface area (Å²) in [6.07, 6.45) is 2.76. The van der Waals surface area contributed by atoms with Crippen molar-refractivity contribution in [3.05, 3.63) is 88.4 Å². The lowest BCUT2D eigenvalue weighted by Crippen LogP contribution is -2.37. The summed E-state index contributed by atoms with van der Waals surface area (Å²) in [4.78, 5) is 29.1. The van der Waals surface area contributed by atoms with Crippen molar-refractivity contribution in [3.63, 3.8) is 0 Å². The van der Waals surface area contributed by atoms with Gasteiger partial charge in [0.25, 0.3) is 15.9 Å². The Hall–Kier alpha value is -4.22. The van der Waals surface area contributed by atoms with E-state index >= 15 is 0 Å². The Labute approximate surface area is 209 Å². The van der Waals surface area contributed by atoms with E-state index in [0.717, 1.165) is 11.3 Å². The van der Waals surface area contributed by atoms with Gasteiger partial charge in [0.15, 0.2) is 5.58 Å². The first-order valence-corrected chi connectivity index (χ1v) is 12.8. The molecule has 0 radical (unpaired) electrons. The number of nitrogens with zero attached hydrogens (tertiary/aromatic N) is 2. The summed E-state index contributed by atoms with van der Waals surface area (Å²) in [6, 6.07) is 15.5. The molecule has 9 nitrogen and oxygen atoms in total. The monoisotopic (exact) mass is 522 g/mol. The number of benzene rings is 3. The van der Waals surface area contributed by atoms with E-state index in [1.54, 1.807) is 30.3 Å². The number of carbonyl (C=O) groups is 1. The standard InChI is InChI=1S/C25H18N2O7S2/c1-32-16-9-10-20(33-2)22(12-16)36(30,31)27(24(28)15-6-5-11-26-14-15)19-13-21-23(34-25(29)35-21)18-8-4-3-7-17(18)19/h3-14H,1-2H3. The van der Waals surface area contributed by atoms with Gasteiger partial charge in [-0.2, -0.15) is 4.31 Å². The van der Waals surface area contributed by atoms with Crippen LogP contribution >= 0.6 is 11.3 Å². The number of anilines is 1. The zero-order valence-corrected chi connectivity index (χ0v) is 20.6. The molecule has 5 aromatic rings. The molecule has 0 aliphatic carbocycles. The van der Waals surface area contributed by atoms with Gasteiger partial charge >= 0.3 is 4.94 Å². The summed E-state index contributed by atoms with van der Waals surface area (Å²) in [6.45, 7) is 0. The lowest BCUT2D eigenvalue weighted by atomic mass is 10.1. The lowest BCUT2D eigenvalue weighted by molar-refractivity contribution is 0.100. The minimum absolute atomic E-state index is 0.0261. The molecular weight excluding hydrogens is 504 g/mol. The zero-order valence-electron chi connectivity index (χ0n) is 19.0. The molecule has 11 heteroatoms. The van der Waals surface area contributed by atoms with Gasteiger partial charge in [-0.05, 0) is 30.3 Å². The number of sulfonamides is 1. The van der Waals surface area contributed by atoms with Crippen LogP contribution in [-0.4, -0.2) is 33.5 Å². The van der Waals surface area contributed by atoms with Gasteiger partial charge in [0.1, 0.15) is 16.4 Å². The fraction of sp³-hybridized carbons (Fsp3) is 0.0800. The normalized spacial score (nSPS) is 11.5. The predicted octanol–water partition coefficient (Wildman–Crippen LogP) is 4.46. The number of pyridine rings is 1. The van der Waals surface area contributed by atoms with Crippen molar-refractivity contribution in [2.24, 2.45) is 0 Å². The third-order valence-electron chi connectivity index (χ3n) is 5.52. The van der Waals surface area contributed by atoms with Crippen LogP contribution < -0.4 is 18.7 Å². The molecule has 1 amide bonds. The minimum Gasteiger partial charge on any atom is -0.497 e. The topological polar surface area (TPSA) is 116 Å². The lowest BCUT2D eigenvalue weighted by Gasteiger charge is -2.25. The molecule has 36 heavy (non-hydrogen) atoms. The van der Waals surface area contributed by atoms with Crippen molar-refractivity contribution in [2.45, 2.75) is 4.90 Å². The Kier molecular flexibility index (Phi) is 5.94.